The Bertz CT molecular complexity index is 3750. The number of benzene rings is 8. The highest BCUT2D eigenvalue weighted by Crippen LogP contribution is 2.61. The lowest BCUT2D eigenvalue weighted by Crippen LogP contribution is -2.61. The van der Waals surface area contributed by atoms with Crippen molar-refractivity contribution in [2.75, 3.05) is 14.7 Å². The Kier molecular flexibility index (Phi) is 8.04. The average molecular weight is 886 g/mol. The van der Waals surface area contributed by atoms with E-state index in [4.69, 9.17) is 4.42 Å². The van der Waals surface area contributed by atoms with Crippen molar-refractivity contribution in [3.63, 3.8) is 0 Å². The molecular weight excluding hydrogens is 834 g/mol. The zero-order valence-electron chi connectivity index (χ0n) is 39.1. The number of anilines is 8. The fourth-order valence-corrected chi connectivity index (χ4v) is 14.4. The van der Waals surface area contributed by atoms with E-state index >= 15 is 0 Å². The molecule has 1 aliphatic carbocycles. The van der Waals surface area contributed by atoms with Gasteiger partial charge in [-0.3, -0.25) is 0 Å². The molecule has 3 aliphatic heterocycles. The van der Waals surface area contributed by atoms with Crippen LogP contribution in [0.15, 0.2) is 162 Å². The van der Waals surface area contributed by atoms with E-state index in [9.17, 15) is 0 Å². The summed E-state index contributed by atoms with van der Waals surface area (Å²) in [5.74, 6) is 0. The van der Waals surface area contributed by atoms with Gasteiger partial charge in [-0.2, -0.15) is 0 Å². The van der Waals surface area contributed by atoms with Gasteiger partial charge in [0.25, 0.3) is 6.71 Å². The predicted molar refractivity (Wildman–Crippen MR) is 287 cm³/mol. The largest absolute Gasteiger partial charge is 0.454 e. The summed E-state index contributed by atoms with van der Waals surface area (Å²) in [6.45, 7) is 14.4. The molecule has 67 heavy (non-hydrogen) atoms. The first-order valence-electron chi connectivity index (χ1n) is 24.3. The molecule has 5 heterocycles. The second-order valence-corrected chi connectivity index (χ2v) is 22.3. The third kappa shape index (κ3) is 5.25. The summed E-state index contributed by atoms with van der Waals surface area (Å²) in [6, 6.07) is 60.0. The molecule has 8 aromatic carbocycles. The van der Waals surface area contributed by atoms with Crippen molar-refractivity contribution in [2.24, 2.45) is 0 Å². The van der Waals surface area contributed by atoms with Crippen LogP contribution < -0.4 is 31.1 Å². The van der Waals surface area contributed by atoms with Crippen LogP contribution in [0.25, 0.3) is 42.1 Å². The third-order valence-corrected chi connectivity index (χ3v) is 17.8. The Hall–Kier alpha value is -6.76. The molecule has 0 bridgehead atoms. The van der Waals surface area contributed by atoms with E-state index in [0.717, 1.165) is 34.0 Å². The Morgan fingerprint density at radius 1 is 0.567 bits per heavy atom. The first kappa shape index (κ1) is 39.4. The van der Waals surface area contributed by atoms with Crippen molar-refractivity contribution in [3.05, 3.63) is 174 Å². The lowest BCUT2D eigenvalue weighted by atomic mass is 9.33. The van der Waals surface area contributed by atoms with Gasteiger partial charge in [-0.05, 0) is 126 Å². The summed E-state index contributed by atoms with van der Waals surface area (Å²) in [4.78, 5) is 7.93. The van der Waals surface area contributed by atoms with E-state index in [0.29, 0.717) is 0 Å². The van der Waals surface area contributed by atoms with Crippen LogP contribution in [0, 0.1) is 6.92 Å². The summed E-state index contributed by atoms with van der Waals surface area (Å²) < 4.78 is 9.50. The molecule has 4 aliphatic rings. The zero-order valence-corrected chi connectivity index (χ0v) is 39.9. The van der Waals surface area contributed by atoms with Crippen LogP contribution in [0.1, 0.15) is 77.0 Å². The number of furan rings is 1. The van der Waals surface area contributed by atoms with E-state index in [1.165, 1.54) is 112 Å². The van der Waals surface area contributed by atoms with Gasteiger partial charge >= 0.3 is 0 Å². The van der Waals surface area contributed by atoms with Crippen LogP contribution >= 0.6 is 11.3 Å². The van der Waals surface area contributed by atoms with E-state index in [1.54, 1.807) is 0 Å². The molecule has 2 aromatic heterocycles. The van der Waals surface area contributed by atoms with Gasteiger partial charge in [-0.1, -0.05) is 138 Å². The minimum absolute atomic E-state index is 0.0164. The number of thiophene rings is 1. The monoisotopic (exact) mass is 885 g/mol. The SMILES string of the molecule is Cc1cc2c3c(c1)N(c1cccc4c1sc1ccccc14)c1cc(N4c5ccccc5C5(C)CCCCC45C)ccc1B3c1cc(C(C)(C)C)ccc1N2c1cccc2c1oc1ccccc12. The lowest BCUT2D eigenvalue weighted by Gasteiger charge is -2.50. The molecule has 1 saturated carbocycles. The van der Waals surface area contributed by atoms with E-state index in [-0.39, 0.29) is 23.1 Å². The van der Waals surface area contributed by atoms with Crippen molar-refractivity contribution < 1.29 is 4.42 Å². The van der Waals surface area contributed by atoms with Gasteiger partial charge < -0.3 is 19.1 Å². The van der Waals surface area contributed by atoms with E-state index in [1.807, 2.05) is 11.3 Å². The molecule has 6 heteroatoms. The molecule has 0 radical (unpaired) electrons. The van der Waals surface area contributed by atoms with Gasteiger partial charge in [0, 0.05) is 65.8 Å². The highest BCUT2D eigenvalue weighted by Gasteiger charge is 2.58. The minimum Gasteiger partial charge on any atom is -0.454 e. The van der Waals surface area contributed by atoms with Crippen LogP contribution in [0.4, 0.5) is 45.5 Å². The van der Waals surface area contributed by atoms with Gasteiger partial charge in [-0.25, -0.2) is 0 Å². The fourth-order valence-electron chi connectivity index (χ4n) is 13.2. The highest BCUT2D eigenvalue weighted by molar-refractivity contribution is 7.26. The fraction of sp³-hybridized carbons (Fsp3) is 0.213. The number of hydrogen-bond acceptors (Lipinski definition) is 5. The Labute approximate surface area is 397 Å². The smallest absolute Gasteiger partial charge is 0.252 e. The average Bonchev–Trinajstić information content (AvgIpc) is 3.97. The van der Waals surface area contributed by atoms with Gasteiger partial charge in [0.05, 0.1) is 21.6 Å². The van der Waals surface area contributed by atoms with Gasteiger partial charge in [-0.15, -0.1) is 11.3 Å². The molecule has 4 nitrogen and oxygen atoms in total. The lowest BCUT2D eigenvalue weighted by molar-refractivity contribution is 0.195. The Balaban J connectivity index is 1.09. The maximum Gasteiger partial charge on any atom is 0.252 e. The van der Waals surface area contributed by atoms with Crippen molar-refractivity contribution in [1.82, 2.24) is 0 Å². The Morgan fingerprint density at radius 3 is 2.09 bits per heavy atom. The van der Waals surface area contributed by atoms with Crippen molar-refractivity contribution in [2.45, 2.75) is 83.6 Å². The highest BCUT2D eigenvalue weighted by atomic mass is 32.1. The van der Waals surface area contributed by atoms with E-state index < -0.39 is 0 Å². The predicted octanol–water partition coefficient (Wildman–Crippen LogP) is 15.4. The first-order chi connectivity index (χ1) is 32.5. The molecule has 0 saturated heterocycles. The van der Waals surface area contributed by atoms with Gasteiger partial charge in [0.15, 0.2) is 5.58 Å². The maximum absolute atomic E-state index is 6.88. The quantitative estimate of drug-likeness (QED) is 0.165. The molecule has 326 valence electrons. The first-order valence-corrected chi connectivity index (χ1v) is 25.1. The summed E-state index contributed by atoms with van der Waals surface area (Å²) in [7, 11) is 0. The van der Waals surface area contributed by atoms with Crippen LogP contribution in [0.2, 0.25) is 0 Å². The topological polar surface area (TPSA) is 22.9 Å². The molecule has 0 N–H and O–H groups in total. The van der Waals surface area contributed by atoms with E-state index in [2.05, 4.69) is 214 Å². The maximum atomic E-state index is 6.88. The summed E-state index contributed by atoms with van der Waals surface area (Å²) in [5, 5.41) is 4.88. The molecular formula is C61H52BN3OS. The van der Waals surface area contributed by atoms with Gasteiger partial charge in [0.1, 0.15) is 5.58 Å². The van der Waals surface area contributed by atoms with Crippen molar-refractivity contribution in [1.29, 1.82) is 0 Å². The van der Waals surface area contributed by atoms with Crippen LogP contribution in [0.5, 0.6) is 0 Å². The Morgan fingerprint density at radius 2 is 1.25 bits per heavy atom. The molecule has 10 aromatic rings. The number of para-hydroxylation sites is 3. The van der Waals surface area contributed by atoms with Gasteiger partial charge in [0.2, 0.25) is 0 Å². The van der Waals surface area contributed by atoms with Crippen molar-refractivity contribution in [3.8, 4) is 0 Å². The summed E-state index contributed by atoms with van der Waals surface area (Å²) >= 11 is 1.91. The second-order valence-electron chi connectivity index (χ2n) is 21.3. The van der Waals surface area contributed by atoms with Crippen LogP contribution in [-0.2, 0) is 10.8 Å². The number of nitrogens with zero attached hydrogens (tertiary/aromatic N) is 3. The number of fused-ring (bicyclic) bond motifs is 13. The molecule has 1 fully saturated rings. The summed E-state index contributed by atoms with van der Waals surface area (Å²) in [6.07, 6.45) is 4.86. The number of hydrogen-bond donors (Lipinski definition) is 0. The zero-order chi connectivity index (χ0) is 45.1. The van der Waals surface area contributed by atoms with Crippen molar-refractivity contribution >= 4 is 122 Å². The van der Waals surface area contributed by atoms with Crippen LogP contribution in [0.3, 0.4) is 0 Å². The molecule has 0 spiro atoms. The third-order valence-electron chi connectivity index (χ3n) is 16.6. The number of aryl methyl sites for hydroxylation is 1. The molecule has 2 atom stereocenters. The second kappa shape index (κ2) is 13.7. The molecule has 2 unspecified atom stereocenters. The minimum atomic E-state index is -0.0625. The number of rotatable bonds is 3. The normalized spacial score (nSPS) is 19.6. The van der Waals surface area contributed by atoms with Crippen LogP contribution in [-0.4, -0.2) is 12.3 Å². The molecule has 0 amide bonds. The summed E-state index contributed by atoms with van der Waals surface area (Å²) in [5.41, 5.74) is 19.6. The molecule has 14 rings (SSSR count). The standard InChI is InChI=1S/C61H52BN3OS/c1-37-33-52-56-53(34-37)64(50-24-16-20-43-41-18-8-12-26-55(41)67-58(43)50)51-36-39(65-47-22-10-9-21-44(47)60(5)31-13-14-32-61(60,65)6)28-29-45(51)62(56)46-35-38(59(2,3)4)27-30-48(46)63(52)49-23-15-19-42-40-17-7-11-25-54(40)66-57(42)49/h7-12,15-30,33-36H,13-14,31-32H2,1-6H3.